The lowest BCUT2D eigenvalue weighted by molar-refractivity contribution is -0.159. The maximum atomic E-state index is 11.1. The minimum absolute atomic E-state index is 0.0487. The highest BCUT2D eigenvalue weighted by Crippen LogP contribution is 2.26. The van der Waals surface area contributed by atoms with Gasteiger partial charge in [0.05, 0.1) is 17.4 Å². The molecule has 0 saturated heterocycles. The number of carboxylic acids is 4. The van der Waals surface area contributed by atoms with Crippen molar-refractivity contribution in [2.45, 2.75) is 63.3 Å². The van der Waals surface area contributed by atoms with Gasteiger partial charge in [-0.1, -0.05) is 48.7 Å². The van der Waals surface area contributed by atoms with Gasteiger partial charge in [-0.3, -0.25) is 14.3 Å². The predicted octanol–water partition coefficient (Wildman–Crippen LogP) is 1.71. The second kappa shape index (κ2) is 20.6. The van der Waals surface area contributed by atoms with Gasteiger partial charge < -0.3 is 48.1 Å². The lowest BCUT2D eigenvalue weighted by Crippen LogP contribution is -2.35. The van der Waals surface area contributed by atoms with Crippen LogP contribution >= 0.6 is 11.6 Å². The molecule has 1 heterocycles. The van der Waals surface area contributed by atoms with Crippen LogP contribution in [0.5, 0.6) is 5.88 Å². The molecule has 2 aromatic carbocycles. The van der Waals surface area contributed by atoms with Gasteiger partial charge in [0, 0.05) is 5.02 Å². The summed E-state index contributed by atoms with van der Waals surface area (Å²) >= 11 is 5.99. The molecule has 0 aliphatic rings. The monoisotopic (exact) mass is 652 g/mol. The second-order valence-electron chi connectivity index (χ2n) is 9.74. The number of halogens is 1. The van der Waals surface area contributed by atoms with Gasteiger partial charge in [-0.2, -0.15) is 0 Å². The molecule has 2 atom stereocenters. The minimum atomic E-state index is -2.03. The average molecular weight is 653 g/mol. The Morgan fingerprint density at radius 3 is 1.78 bits per heavy atom. The van der Waals surface area contributed by atoms with Crippen LogP contribution in [0.4, 0.5) is 0 Å². The summed E-state index contributed by atoms with van der Waals surface area (Å²) in [7, 11) is 0. The zero-order valence-corrected chi connectivity index (χ0v) is 25.4. The molecule has 3 aromatic rings. The standard InChI is InChI=1S/C17H13ClN2O5.2C6H14N2O2/c18-11-5-3-4-10(8-11)9-20-13-7-2-1-6-12(13)15(19-20)25-14(16(21)22)17(23)24;2*7-4-2-1-3-5(8)6(9)10/h1-8,14H,9H2,(H,21,22)(H,23,24);2*5H,1-4,7-8H2,(H,9,10). The molecular weight excluding hydrogens is 612 g/mol. The van der Waals surface area contributed by atoms with Gasteiger partial charge in [0.2, 0.25) is 5.88 Å². The van der Waals surface area contributed by atoms with Crippen LogP contribution in [0.2, 0.25) is 5.02 Å². The third-order valence-corrected chi connectivity index (χ3v) is 6.33. The highest BCUT2D eigenvalue weighted by molar-refractivity contribution is 6.30. The van der Waals surface area contributed by atoms with Crippen molar-refractivity contribution in [1.29, 1.82) is 0 Å². The van der Waals surface area contributed by atoms with E-state index in [2.05, 4.69) is 5.10 Å². The number of fused-ring (bicyclic) bond motifs is 1. The summed E-state index contributed by atoms with van der Waals surface area (Å²) in [6.07, 6.45) is 2.30. The van der Waals surface area contributed by atoms with Crippen molar-refractivity contribution in [2.24, 2.45) is 22.9 Å². The number of benzene rings is 2. The van der Waals surface area contributed by atoms with Crippen LogP contribution in [-0.4, -0.2) is 85.4 Å². The average Bonchev–Trinajstić information content (AvgIpc) is 3.33. The van der Waals surface area contributed by atoms with Crippen LogP contribution in [0, 0.1) is 0 Å². The van der Waals surface area contributed by atoms with Gasteiger partial charge in [0.15, 0.2) is 0 Å². The molecule has 16 heteroatoms. The van der Waals surface area contributed by atoms with Crippen molar-refractivity contribution in [2.75, 3.05) is 13.1 Å². The molecule has 12 N–H and O–H groups in total. The van der Waals surface area contributed by atoms with Gasteiger partial charge in [-0.25, -0.2) is 9.59 Å². The molecule has 3 rings (SSSR count). The summed E-state index contributed by atoms with van der Waals surface area (Å²) in [6, 6.07) is 12.8. The number of nitrogens with two attached hydrogens (primary N) is 4. The number of para-hydroxylation sites is 1. The molecule has 0 bridgehead atoms. The molecule has 0 aliphatic carbocycles. The summed E-state index contributed by atoms with van der Waals surface area (Å²) in [5.41, 5.74) is 22.4. The molecule has 0 fully saturated rings. The van der Waals surface area contributed by atoms with Gasteiger partial charge in [0.1, 0.15) is 12.1 Å². The molecule has 0 amide bonds. The molecule has 2 unspecified atom stereocenters. The molecule has 0 saturated carbocycles. The smallest absolute Gasteiger partial charge is 0.356 e. The number of carboxylic acid groups (broad SMARTS) is 4. The van der Waals surface area contributed by atoms with Crippen LogP contribution in [0.15, 0.2) is 48.5 Å². The highest BCUT2D eigenvalue weighted by Gasteiger charge is 2.30. The van der Waals surface area contributed by atoms with E-state index in [1.807, 2.05) is 12.1 Å². The van der Waals surface area contributed by atoms with Crippen LogP contribution in [0.25, 0.3) is 10.9 Å². The Balaban J connectivity index is 0.000000419. The van der Waals surface area contributed by atoms with Gasteiger partial charge >= 0.3 is 23.9 Å². The Labute approximate surface area is 264 Å². The number of carbonyl (C=O) groups is 4. The number of ether oxygens (including phenoxy) is 1. The number of hydrogen-bond donors (Lipinski definition) is 8. The van der Waals surface area contributed by atoms with E-state index in [0.29, 0.717) is 48.4 Å². The fourth-order valence-corrected chi connectivity index (χ4v) is 3.91. The normalized spacial score (nSPS) is 11.9. The maximum absolute atomic E-state index is 11.1. The summed E-state index contributed by atoms with van der Waals surface area (Å²) < 4.78 is 6.74. The summed E-state index contributed by atoms with van der Waals surface area (Å²) in [6.45, 7) is 1.58. The third kappa shape index (κ3) is 14.4. The van der Waals surface area contributed by atoms with Crippen LogP contribution in [0.3, 0.4) is 0 Å². The molecule has 0 aliphatic heterocycles. The van der Waals surface area contributed by atoms with Crippen molar-refractivity contribution in [3.63, 3.8) is 0 Å². The van der Waals surface area contributed by atoms with Crippen LogP contribution < -0.4 is 27.7 Å². The van der Waals surface area contributed by atoms with E-state index in [-0.39, 0.29) is 5.88 Å². The van der Waals surface area contributed by atoms with Crippen molar-refractivity contribution in [3.05, 3.63) is 59.1 Å². The summed E-state index contributed by atoms with van der Waals surface area (Å²) in [4.78, 5) is 42.4. The molecular formula is C29H41ClN6O9. The third-order valence-electron chi connectivity index (χ3n) is 6.10. The fourth-order valence-electron chi connectivity index (χ4n) is 3.69. The van der Waals surface area contributed by atoms with Crippen molar-refractivity contribution < 1.29 is 44.3 Å². The largest absolute Gasteiger partial charge is 0.480 e. The van der Waals surface area contributed by atoms with E-state index in [1.54, 1.807) is 41.1 Å². The highest BCUT2D eigenvalue weighted by atomic mass is 35.5. The number of nitrogens with zero attached hydrogens (tertiary/aromatic N) is 2. The first kappa shape index (κ1) is 38.7. The van der Waals surface area contributed by atoms with Gasteiger partial charge in [-0.15, -0.1) is 5.10 Å². The summed E-state index contributed by atoms with van der Waals surface area (Å²) in [5.74, 6) is -5.11. The number of aliphatic carboxylic acids is 4. The fraction of sp³-hybridized carbons (Fsp3) is 0.414. The summed E-state index contributed by atoms with van der Waals surface area (Å²) in [5, 5.41) is 40.0. The Kier molecular flexibility index (Phi) is 17.8. The van der Waals surface area contributed by atoms with Crippen molar-refractivity contribution in [3.8, 4) is 5.88 Å². The molecule has 248 valence electrons. The van der Waals surface area contributed by atoms with Gasteiger partial charge in [0.25, 0.3) is 6.10 Å². The SMILES string of the molecule is NCCCCC(N)C(=O)O.NCCCCC(N)C(=O)O.O=C(O)C(Oc1nn(Cc2cccc(Cl)c2)c2ccccc12)C(=O)O. The Bertz CT molecular complexity index is 1350. The van der Waals surface area contributed by atoms with Crippen LogP contribution in [-0.2, 0) is 25.7 Å². The van der Waals surface area contributed by atoms with E-state index >= 15 is 0 Å². The van der Waals surface area contributed by atoms with Crippen molar-refractivity contribution >= 4 is 46.4 Å². The molecule has 45 heavy (non-hydrogen) atoms. The zero-order valence-electron chi connectivity index (χ0n) is 24.6. The van der Waals surface area contributed by atoms with E-state index < -0.39 is 42.1 Å². The van der Waals surface area contributed by atoms with E-state index in [1.165, 1.54) is 0 Å². The Morgan fingerprint density at radius 1 is 0.778 bits per heavy atom. The van der Waals surface area contributed by atoms with Crippen LogP contribution in [0.1, 0.15) is 44.1 Å². The number of rotatable bonds is 16. The zero-order chi connectivity index (χ0) is 33.9. The Hall–Kier alpha value is -4.28. The minimum Gasteiger partial charge on any atom is -0.480 e. The lowest BCUT2D eigenvalue weighted by atomic mass is 10.1. The predicted molar refractivity (Wildman–Crippen MR) is 167 cm³/mol. The molecule has 1 aromatic heterocycles. The quantitative estimate of drug-likeness (QED) is 0.0807. The number of unbranched alkanes of at least 4 members (excludes halogenated alkanes) is 2. The first-order chi connectivity index (χ1) is 21.3. The topological polar surface area (TPSA) is 280 Å². The second-order valence-corrected chi connectivity index (χ2v) is 10.2. The molecule has 0 radical (unpaired) electrons. The Morgan fingerprint density at radius 2 is 1.31 bits per heavy atom. The number of aromatic nitrogens is 2. The first-order valence-electron chi connectivity index (χ1n) is 14.0. The van der Waals surface area contributed by atoms with E-state index in [4.69, 9.17) is 59.7 Å². The van der Waals surface area contributed by atoms with E-state index in [9.17, 15) is 19.2 Å². The lowest BCUT2D eigenvalue weighted by Gasteiger charge is -2.08. The molecule has 0 spiro atoms. The maximum Gasteiger partial charge on any atom is 0.356 e. The van der Waals surface area contributed by atoms with Crippen molar-refractivity contribution in [1.82, 2.24) is 9.78 Å². The van der Waals surface area contributed by atoms with E-state index in [0.717, 1.165) is 31.2 Å². The number of hydrogen-bond acceptors (Lipinski definition) is 10. The van der Waals surface area contributed by atoms with Gasteiger partial charge in [-0.05, 0) is 68.6 Å². The first-order valence-corrected chi connectivity index (χ1v) is 14.4. The molecule has 15 nitrogen and oxygen atoms in total.